The smallest absolute Gasteiger partial charge is 0.326 e. The van der Waals surface area contributed by atoms with Gasteiger partial charge in [0.05, 0.1) is 0 Å². The average molecular weight is 383 g/mol. The molecule has 27 heavy (non-hydrogen) atoms. The Labute approximate surface area is 161 Å². The molecule has 0 spiro atoms. The first-order valence-electron chi connectivity index (χ1n) is 10.3. The van der Waals surface area contributed by atoms with Gasteiger partial charge in [-0.2, -0.15) is 0 Å². The Kier molecular flexibility index (Phi) is 8.84. The summed E-state index contributed by atoms with van der Waals surface area (Å²) in [6.07, 6.45) is 9.94. The number of rotatable bonds is 11. The maximum atomic E-state index is 12.5. The van der Waals surface area contributed by atoms with Crippen molar-refractivity contribution in [2.24, 2.45) is 11.7 Å². The molecule has 0 aromatic heterocycles. The second kappa shape index (κ2) is 11.1. The zero-order chi connectivity index (χ0) is 19.6. The van der Waals surface area contributed by atoms with Crippen molar-refractivity contribution in [3.8, 4) is 0 Å². The molecule has 2 aliphatic carbocycles. The summed E-state index contributed by atoms with van der Waals surface area (Å²) in [5.41, 5.74) is 5.43. The largest absolute Gasteiger partial charge is 0.480 e. The first kappa shape index (κ1) is 21.5. The van der Waals surface area contributed by atoms with Crippen LogP contribution in [-0.2, 0) is 9.59 Å². The maximum absolute atomic E-state index is 12.5. The van der Waals surface area contributed by atoms with E-state index in [9.17, 15) is 19.5 Å². The molecular formula is C19H34N4O4. The molecule has 0 bridgehead atoms. The molecule has 0 saturated heterocycles. The molecule has 2 atom stereocenters. The van der Waals surface area contributed by atoms with Crippen LogP contribution in [0.15, 0.2) is 0 Å². The van der Waals surface area contributed by atoms with Gasteiger partial charge in [0.2, 0.25) is 5.91 Å². The number of hydrogen-bond acceptors (Lipinski definition) is 4. The van der Waals surface area contributed by atoms with Crippen LogP contribution in [0.2, 0.25) is 0 Å². The Hall–Kier alpha value is -1.83. The van der Waals surface area contributed by atoms with E-state index < -0.39 is 24.1 Å². The number of unbranched alkanes of at least 4 members (excludes halogenated alkanes) is 1. The average Bonchev–Trinajstić information content (AvgIpc) is 3.45. The van der Waals surface area contributed by atoms with E-state index >= 15 is 0 Å². The minimum Gasteiger partial charge on any atom is -0.480 e. The van der Waals surface area contributed by atoms with E-state index in [1.807, 2.05) is 0 Å². The molecule has 0 radical (unpaired) electrons. The molecule has 0 aromatic rings. The highest BCUT2D eigenvalue weighted by Crippen LogP contribution is 2.28. The number of carboxylic acid groups (broad SMARTS) is 1. The van der Waals surface area contributed by atoms with Crippen molar-refractivity contribution in [1.82, 2.24) is 16.0 Å². The molecular weight excluding hydrogens is 348 g/mol. The molecule has 8 heteroatoms. The fraction of sp³-hybridized carbons (Fsp3) is 0.842. The summed E-state index contributed by atoms with van der Waals surface area (Å²) in [5.74, 6) is -0.810. The van der Waals surface area contributed by atoms with E-state index in [4.69, 9.17) is 5.73 Å². The number of nitrogens with one attached hydrogen (secondary N) is 3. The van der Waals surface area contributed by atoms with Gasteiger partial charge in [-0.1, -0.05) is 32.1 Å². The fourth-order valence-electron chi connectivity index (χ4n) is 3.63. The summed E-state index contributed by atoms with van der Waals surface area (Å²) < 4.78 is 0. The van der Waals surface area contributed by atoms with Gasteiger partial charge in [-0.3, -0.25) is 4.79 Å². The fourth-order valence-corrected chi connectivity index (χ4v) is 3.63. The normalized spacial score (nSPS) is 19.7. The van der Waals surface area contributed by atoms with Crippen LogP contribution in [0.4, 0.5) is 4.79 Å². The number of amides is 3. The second-order valence-electron chi connectivity index (χ2n) is 7.87. The van der Waals surface area contributed by atoms with Crippen LogP contribution in [0.25, 0.3) is 0 Å². The van der Waals surface area contributed by atoms with Gasteiger partial charge in [0.15, 0.2) is 0 Å². The number of aliphatic carboxylic acids is 1. The van der Waals surface area contributed by atoms with E-state index in [-0.39, 0.29) is 11.9 Å². The van der Waals surface area contributed by atoms with Crippen LogP contribution in [0.1, 0.15) is 70.6 Å². The van der Waals surface area contributed by atoms with E-state index in [0.29, 0.717) is 38.1 Å². The van der Waals surface area contributed by atoms with Crippen LogP contribution in [-0.4, -0.2) is 47.7 Å². The minimum absolute atomic E-state index is 0.159. The van der Waals surface area contributed by atoms with Crippen LogP contribution in [0.5, 0.6) is 0 Å². The van der Waals surface area contributed by atoms with Crippen molar-refractivity contribution in [3.63, 3.8) is 0 Å². The molecule has 6 N–H and O–H groups in total. The SMILES string of the molecule is NCCCC[C@H](NC(=O)N[C@H](CC1CCCCC1)C(=O)NC1CC1)C(=O)O. The summed E-state index contributed by atoms with van der Waals surface area (Å²) in [7, 11) is 0. The monoisotopic (exact) mass is 382 g/mol. The number of urea groups is 1. The zero-order valence-corrected chi connectivity index (χ0v) is 16.0. The van der Waals surface area contributed by atoms with Gasteiger partial charge >= 0.3 is 12.0 Å². The molecule has 2 fully saturated rings. The molecule has 2 saturated carbocycles. The molecule has 0 unspecified atom stereocenters. The number of carboxylic acids is 1. The summed E-state index contributed by atoms with van der Waals surface area (Å²) in [4.78, 5) is 36.3. The molecule has 0 aliphatic heterocycles. The van der Waals surface area contributed by atoms with E-state index in [1.54, 1.807) is 0 Å². The maximum Gasteiger partial charge on any atom is 0.326 e. The Morgan fingerprint density at radius 3 is 2.22 bits per heavy atom. The van der Waals surface area contributed by atoms with Gasteiger partial charge in [0, 0.05) is 6.04 Å². The summed E-state index contributed by atoms with van der Waals surface area (Å²) in [6, 6.07) is -1.97. The third-order valence-corrected chi connectivity index (χ3v) is 5.39. The Bertz CT molecular complexity index is 504. The lowest BCUT2D eigenvalue weighted by atomic mass is 9.84. The quantitative estimate of drug-likeness (QED) is 0.345. The second-order valence-corrected chi connectivity index (χ2v) is 7.87. The molecule has 3 amide bonds. The zero-order valence-electron chi connectivity index (χ0n) is 16.0. The van der Waals surface area contributed by atoms with Gasteiger partial charge in [0.25, 0.3) is 0 Å². The van der Waals surface area contributed by atoms with Gasteiger partial charge < -0.3 is 26.8 Å². The van der Waals surface area contributed by atoms with Gasteiger partial charge in [0.1, 0.15) is 12.1 Å². The third-order valence-electron chi connectivity index (χ3n) is 5.39. The summed E-state index contributed by atoms with van der Waals surface area (Å²) in [6.45, 7) is 0.489. The Morgan fingerprint density at radius 2 is 1.63 bits per heavy atom. The lowest BCUT2D eigenvalue weighted by Gasteiger charge is -2.27. The Morgan fingerprint density at radius 1 is 0.963 bits per heavy atom. The van der Waals surface area contributed by atoms with E-state index in [1.165, 1.54) is 6.42 Å². The first-order chi connectivity index (χ1) is 13.0. The minimum atomic E-state index is -1.08. The van der Waals surface area contributed by atoms with Crippen molar-refractivity contribution < 1.29 is 19.5 Å². The molecule has 0 heterocycles. The van der Waals surface area contributed by atoms with Crippen molar-refractivity contribution >= 4 is 17.9 Å². The van der Waals surface area contributed by atoms with E-state index in [0.717, 1.165) is 38.5 Å². The molecule has 2 rings (SSSR count). The molecule has 8 nitrogen and oxygen atoms in total. The van der Waals surface area contributed by atoms with Crippen LogP contribution in [0, 0.1) is 5.92 Å². The van der Waals surface area contributed by atoms with Crippen LogP contribution in [0.3, 0.4) is 0 Å². The highest BCUT2D eigenvalue weighted by molar-refractivity contribution is 5.89. The van der Waals surface area contributed by atoms with Crippen LogP contribution < -0.4 is 21.7 Å². The lowest BCUT2D eigenvalue weighted by molar-refractivity contribution is -0.139. The first-order valence-corrected chi connectivity index (χ1v) is 10.3. The summed E-state index contributed by atoms with van der Waals surface area (Å²) >= 11 is 0. The molecule has 0 aromatic carbocycles. The summed E-state index contributed by atoms with van der Waals surface area (Å²) in [5, 5.41) is 17.5. The topological polar surface area (TPSA) is 134 Å². The number of hydrogen-bond donors (Lipinski definition) is 5. The highest BCUT2D eigenvalue weighted by atomic mass is 16.4. The third kappa shape index (κ3) is 8.15. The van der Waals surface area contributed by atoms with Gasteiger partial charge in [-0.05, 0) is 51.0 Å². The highest BCUT2D eigenvalue weighted by Gasteiger charge is 2.31. The predicted molar refractivity (Wildman–Crippen MR) is 102 cm³/mol. The predicted octanol–water partition coefficient (Wildman–Crippen LogP) is 1.49. The Balaban J connectivity index is 1.89. The lowest BCUT2D eigenvalue weighted by Crippen LogP contribution is -2.54. The van der Waals surface area contributed by atoms with Crippen LogP contribution >= 0.6 is 0 Å². The number of carbonyl (C=O) groups is 3. The van der Waals surface area contributed by atoms with Crippen molar-refractivity contribution in [3.05, 3.63) is 0 Å². The molecule has 154 valence electrons. The van der Waals surface area contributed by atoms with Crippen molar-refractivity contribution in [2.75, 3.05) is 6.54 Å². The van der Waals surface area contributed by atoms with Gasteiger partial charge in [-0.25, -0.2) is 9.59 Å². The van der Waals surface area contributed by atoms with Crippen molar-refractivity contribution in [2.45, 2.75) is 88.8 Å². The van der Waals surface area contributed by atoms with Gasteiger partial charge in [-0.15, -0.1) is 0 Å². The number of nitrogens with two attached hydrogens (primary N) is 1. The molecule has 2 aliphatic rings. The standard InChI is InChI=1S/C19H34N4O4/c20-11-5-4-8-15(18(25)26)22-19(27)23-16(17(24)21-14-9-10-14)12-13-6-2-1-3-7-13/h13-16H,1-12,20H2,(H,21,24)(H,25,26)(H2,22,23,27)/t15-,16+/m0/s1. The van der Waals surface area contributed by atoms with E-state index in [2.05, 4.69) is 16.0 Å². The van der Waals surface area contributed by atoms with Crippen molar-refractivity contribution in [1.29, 1.82) is 0 Å². The number of carbonyl (C=O) groups excluding carboxylic acids is 2.